The molecule has 0 spiro atoms. The maximum atomic E-state index is 5.33. The summed E-state index contributed by atoms with van der Waals surface area (Å²) in [5.41, 5.74) is 0.268. The highest BCUT2D eigenvalue weighted by molar-refractivity contribution is 4.69. The summed E-state index contributed by atoms with van der Waals surface area (Å²) in [6.45, 7) is 13.2. The second kappa shape index (κ2) is 7.25. The molecule has 0 saturated carbocycles. The van der Waals surface area contributed by atoms with Crippen molar-refractivity contribution in [2.45, 2.75) is 45.6 Å². The van der Waals surface area contributed by atoms with Crippen LogP contribution in [-0.2, 0) is 4.74 Å². The van der Waals surface area contributed by atoms with E-state index in [0.717, 1.165) is 32.8 Å². The SMILES string of the molecule is CC(C)(C)NCCCCCN1CCOCC1. The number of nitrogens with one attached hydrogen (secondary N) is 1. The van der Waals surface area contributed by atoms with Crippen molar-refractivity contribution in [1.82, 2.24) is 10.2 Å². The highest BCUT2D eigenvalue weighted by Crippen LogP contribution is 2.03. The van der Waals surface area contributed by atoms with Crippen LogP contribution in [0.5, 0.6) is 0 Å². The van der Waals surface area contributed by atoms with E-state index in [4.69, 9.17) is 4.74 Å². The zero-order valence-electron chi connectivity index (χ0n) is 11.2. The Kier molecular flexibility index (Phi) is 6.32. The molecular weight excluding hydrogens is 200 g/mol. The van der Waals surface area contributed by atoms with E-state index in [-0.39, 0.29) is 5.54 Å². The van der Waals surface area contributed by atoms with Crippen molar-refractivity contribution in [3.05, 3.63) is 0 Å². The smallest absolute Gasteiger partial charge is 0.0594 e. The zero-order valence-corrected chi connectivity index (χ0v) is 11.2. The van der Waals surface area contributed by atoms with Crippen molar-refractivity contribution < 1.29 is 4.74 Å². The quantitative estimate of drug-likeness (QED) is 0.703. The van der Waals surface area contributed by atoms with Crippen LogP contribution in [0.3, 0.4) is 0 Å². The lowest BCUT2D eigenvalue weighted by molar-refractivity contribution is 0.0371. The minimum Gasteiger partial charge on any atom is -0.379 e. The molecule has 1 fully saturated rings. The molecule has 0 radical (unpaired) electrons. The first-order valence-corrected chi connectivity index (χ1v) is 6.63. The van der Waals surface area contributed by atoms with Crippen molar-refractivity contribution in [2.24, 2.45) is 0 Å². The fourth-order valence-corrected chi connectivity index (χ4v) is 1.93. The molecule has 1 heterocycles. The Morgan fingerprint density at radius 2 is 1.75 bits per heavy atom. The summed E-state index contributed by atoms with van der Waals surface area (Å²) in [4.78, 5) is 2.51. The van der Waals surface area contributed by atoms with Gasteiger partial charge >= 0.3 is 0 Å². The maximum Gasteiger partial charge on any atom is 0.0594 e. The van der Waals surface area contributed by atoms with E-state index < -0.39 is 0 Å². The van der Waals surface area contributed by atoms with Gasteiger partial charge in [0.05, 0.1) is 13.2 Å². The third-order valence-electron chi connectivity index (χ3n) is 2.91. The standard InChI is InChI=1S/C13H28N2O/c1-13(2,3)14-7-5-4-6-8-15-9-11-16-12-10-15/h14H,4-12H2,1-3H3. The summed E-state index contributed by atoms with van der Waals surface area (Å²) in [6.07, 6.45) is 3.95. The van der Waals surface area contributed by atoms with Gasteiger partial charge in [0.2, 0.25) is 0 Å². The molecule has 96 valence electrons. The molecule has 3 heteroatoms. The van der Waals surface area contributed by atoms with E-state index in [1.54, 1.807) is 0 Å². The van der Waals surface area contributed by atoms with Crippen LogP contribution in [0.25, 0.3) is 0 Å². The first kappa shape index (κ1) is 13.9. The molecule has 16 heavy (non-hydrogen) atoms. The molecule has 1 aliphatic heterocycles. The van der Waals surface area contributed by atoms with Gasteiger partial charge in [-0.1, -0.05) is 6.42 Å². The Morgan fingerprint density at radius 3 is 2.38 bits per heavy atom. The van der Waals surface area contributed by atoms with Gasteiger partial charge in [-0.3, -0.25) is 4.90 Å². The van der Waals surface area contributed by atoms with Crippen molar-refractivity contribution in [3.8, 4) is 0 Å². The fourth-order valence-electron chi connectivity index (χ4n) is 1.93. The van der Waals surface area contributed by atoms with Gasteiger partial charge in [0.15, 0.2) is 0 Å². The van der Waals surface area contributed by atoms with Gasteiger partial charge in [-0.05, 0) is 46.7 Å². The maximum absolute atomic E-state index is 5.33. The fraction of sp³-hybridized carbons (Fsp3) is 1.00. The van der Waals surface area contributed by atoms with E-state index in [0.29, 0.717) is 0 Å². The summed E-state index contributed by atoms with van der Waals surface area (Å²) in [5.74, 6) is 0. The van der Waals surface area contributed by atoms with Crippen molar-refractivity contribution in [3.63, 3.8) is 0 Å². The van der Waals surface area contributed by atoms with Crippen LogP contribution in [-0.4, -0.2) is 49.8 Å². The second-order valence-corrected chi connectivity index (χ2v) is 5.69. The van der Waals surface area contributed by atoms with Gasteiger partial charge in [-0.15, -0.1) is 0 Å². The number of morpholine rings is 1. The minimum absolute atomic E-state index is 0.268. The highest BCUT2D eigenvalue weighted by atomic mass is 16.5. The van der Waals surface area contributed by atoms with Crippen LogP contribution in [0.2, 0.25) is 0 Å². The Bertz CT molecular complexity index is 171. The lowest BCUT2D eigenvalue weighted by Crippen LogP contribution is -2.37. The molecular formula is C13H28N2O. The molecule has 0 unspecified atom stereocenters. The van der Waals surface area contributed by atoms with Gasteiger partial charge in [-0.25, -0.2) is 0 Å². The molecule has 1 N–H and O–H groups in total. The van der Waals surface area contributed by atoms with Gasteiger partial charge in [0.25, 0.3) is 0 Å². The lowest BCUT2D eigenvalue weighted by Gasteiger charge is -2.26. The molecule has 0 amide bonds. The number of unbranched alkanes of at least 4 members (excludes halogenated alkanes) is 2. The second-order valence-electron chi connectivity index (χ2n) is 5.69. The lowest BCUT2D eigenvalue weighted by atomic mass is 10.1. The van der Waals surface area contributed by atoms with E-state index in [9.17, 15) is 0 Å². The zero-order chi connectivity index (χ0) is 11.9. The molecule has 0 aromatic carbocycles. The third-order valence-corrected chi connectivity index (χ3v) is 2.91. The normalized spacial score (nSPS) is 18.9. The van der Waals surface area contributed by atoms with Gasteiger partial charge in [-0.2, -0.15) is 0 Å². The average molecular weight is 228 g/mol. The predicted molar refractivity (Wildman–Crippen MR) is 68.9 cm³/mol. The highest BCUT2D eigenvalue weighted by Gasteiger charge is 2.09. The van der Waals surface area contributed by atoms with Crippen LogP contribution in [0.15, 0.2) is 0 Å². The molecule has 0 bridgehead atoms. The molecule has 0 aliphatic carbocycles. The van der Waals surface area contributed by atoms with Crippen LogP contribution in [0, 0.1) is 0 Å². The summed E-state index contributed by atoms with van der Waals surface area (Å²) in [6, 6.07) is 0. The number of ether oxygens (including phenoxy) is 1. The van der Waals surface area contributed by atoms with Gasteiger partial charge in [0.1, 0.15) is 0 Å². The molecule has 1 saturated heterocycles. The molecule has 0 aromatic heterocycles. The predicted octanol–water partition coefficient (Wildman–Crippen LogP) is 1.88. The number of nitrogens with zero attached hydrogens (tertiary/aromatic N) is 1. The molecule has 0 atom stereocenters. The van der Waals surface area contributed by atoms with Crippen LogP contribution < -0.4 is 5.32 Å². The van der Waals surface area contributed by atoms with E-state index in [1.165, 1.54) is 25.8 Å². The largest absolute Gasteiger partial charge is 0.379 e. The Morgan fingerprint density at radius 1 is 1.06 bits per heavy atom. The van der Waals surface area contributed by atoms with Crippen molar-refractivity contribution in [2.75, 3.05) is 39.4 Å². The molecule has 1 aliphatic rings. The third kappa shape index (κ3) is 7.20. The first-order chi connectivity index (χ1) is 7.58. The summed E-state index contributed by atoms with van der Waals surface area (Å²) in [7, 11) is 0. The van der Waals surface area contributed by atoms with E-state index in [2.05, 4.69) is 31.0 Å². The van der Waals surface area contributed by atoms with Gasteiger partial charge in [0, 0.05) is 18.6 Å². The minimum atomic E-state index is 0.268. The van der Waals surface area contributed by atoms with E-state index in [1.807, 2.05) is 0 Å². The monoisotopic (exact) mass is 228 g/mol. The number of rotatable bonds is 6. The topological polar surface area (TPSA) is 24.5 Å². The Hall–Kier alpha value is -0.120. The van der Waals surface area contributed by atoms with E-state index >= 15 is 0 Å². The van der Waals surface area contributed by atoms with Crippen molar-refractivity contribution >= 4 is 0 Å². The summed E-state index contributed by atoms with van der Waals surface area (Å²) >= 11 is 0. The number of hydrogen-bond acceptors (Lipinski definition) is 3. The summed E-state index contributed by atoms with van der Waals surface area (Å²) in [5, 5.41) is 3.53. The molecule has 3 nitrogen and oxygen atoms in total. The molecule has 0 aromatic rings. The van der Waals surface area contributed by atoms with Crippen LogP contribution >= 0.6 is 0 Å². The average Bonchev–Trinajstić information content (AvgIpc) is 2.23. The van der Waals surface area contributed by atoms with Gasteiger partial charge < -0.3 is 10.1 Å². The first-order valence-electron chi connectivity index (χ1n) is 6.63. The van der Waals surface area contributed by atoms with Crippen molar-refractivity contribution in [1.29, 1.82) is 0 Å². The van der Waals surface area contributed by atoms with Crippen LogP contribution in [0.4, 0.5) is 0 Å². The summed E-state index contributed by atoms with van der Waals surface area (Å²) < 4.78 is 5.33. The Balaban J connectivity index is 1.87. The molecule has 1 rings (SSSR count). The number of hydrogen-bond donors (Lipinski definition) is 1. The van der Waals surface area contributed by atoms with Crippen LogP contribution in [0.1, 0.15) is 40.0 Å². The Labute approximate surface area is 101 Å².